The van der Waals surface area contributed by atoms with Gasteiger partial charge in [0.05, 0.1) is 0 Å². The molecule has 5 aliphatic carbocycles. The predicted octanol–water partition coefficient (Wildman–Crippen LogP) is 16.1. The van der Waals surface area contributed by atoms with Gasteiger partial charge < -0.3 is 4.90 Å². The van der Waals surface area contributed by atoms with Crippen LogP contribution in [-0.4, -0.2) is 0 Å². The molecule has 0 aromatic heterocycles. The van der Waals surface area contributed by atoms with E-state index in [9.17, 15) is 0 Å². The molecule has 1 heteroatoms. The van der Waals surface area contributed by atoms with E-state index in [0.29, 0.717) is 0 Å². The van der Waals surface area contributed by atoms with Gasteiger partial charge in [0.25, 0.3) is 0 Å². The first-order chi connectivity index (χ1) is 29.9. The van der Waals surface area contributed by atoms with Gasteiger partial charge in [-0.1, -0.05) is 148 Å². The van der Waals surface area contributed by atoms with Crippen LogP contribution in [0.3, 0.4) is 0 Å². The number of hydrogen-bond acceptors (Lipinski definition) is 1. The van der Waals surface area contributed by atoms with Crippen LogP contribution in [-0.2, 0) is 10.8 Å². The Kier molecular flexibility index (Phi) is 7.67. The molecule has 8 aromatic carbocycles. The summed E-state index contributed by atoms with van der Waals surface area (Å²) in [5.74, 6) is 3.54. The van der Waals surface area contributed by atoms with E-state index in [-0.39, 0.29) is 10.8 Å². The average Bonchev–Trinajstić information content (AvgIpc) is 3.71. The summed E-state index contributed by atoms with van der Waals surface area (Å²) in [7, 11) is 0. The van der Waals surface area contributed by atoms with Gasteiger partial charge in [-0.2, -0.15) is 0 Å². The molecule has 5 unspecified atom stereocenters. The second-order valence-electron chi connectivity index (χ2n) is 19.7. The maximum Gasteiger partial charge on any atom is 0.0465 e. The number of benzene rings is 8. The van der Waals surface area contributed by atoms with Gasteiger partial charge in [-0.05, 0) is 182 Å². The molecule has 8 aromatic rings. The van der Waals surface area contributed by atoms with Crippen LogP contribution < -0.4 is 4.90 Å². The van der Waals surface area contributed by atoms with Gasteiger partial charge in [-0.25, -0.2) is 0 Å². The van der Waals surface area contributed by atoms with E-state index in [4.69, 9.17) is 0 Å². The third-order valence-corrected chi connectivity index (χ3v) is 16.4. The lowest BCUT2D eigenvalue weighted by Gasteiger charge is -2.57. The molecule has 3 saturated carbocycles. The molecule has 5 aliphatic rings. The normalized spacial score (nSPS) is 23.4. The van der Waals surface area contributed by atoms with Crippen LogP contribution >= 0.6 is 0 Å². The number of fused-ring (bicyclic) bond motifs is 12. The van der Waals surface area contributed by atoms with Crippen LogP contribution in [0.2, 0.25) is 0 Å². The topological polar surface area (TPSA) is 3.24 Å². The van der Waals surface area contributed by atoms with Crippen LogP contribution in [0.4, 0.5) is 17.1 Å². The van der Waals surface area contributed by atoms with E-state index in [1.54, 1.807) is 11.1 Å². The monoisotopic (exact) mass is 785 g/mol. The lowest BCUT2D eigenvalue weighted by Crippen LogP contribution is -2.50. The maximum atomic E-state index is 2.55. The van der Waals surface area contributed by atoms with Crippen LogP contribution in [0.1, 0.15) is 74.6 Å². The molecule has 0 saturated heterocycles. The maximum absolute atomic E-state index is 2.55. The van der Waals surface area contributed by atoms with Crippen molar-refractivity contribution in [3.63, 3.8) is 0 Å². The Morgan fingerprint density at radius 2 is 1.00 bits per heavy atom. The van der Waals surface area contributed by atoms with Crippen molar-refractivity contribution in [3.05, 3.63) is 198 Å². The second kappa shape index (κ2) is 13.2. The Hall–Kier alpha value is -6.18. The Labute approximate surface area is 360 Å². The van der Waals surface area contributed by atoms with Gasteiger partial charge in [0, 0.05) is 27.9 Å². The SMILES string of the molecule is CC1(C)c2ccccc2-c2ccc(N(c3ccc(-c4ccc5c(c4)-c4ccccc4C54CC5CCC6CC5CC4C6)cc3)c3ccc(-c4ccc5ccccc5c4)cc3)cc21. The van der Waals surface area contributed by atoms with E-state index in [2.05, 4.69) is 195 Å². The van der Waals surface area contributed by atoms with Crippen molar-refractivity contribution in [1.82, 2.24) is 0 Å². The summed E-state index contributed by atoms with van der Waals surface area (Å²) in [6, 6.07) is 67.0. The highest BCUT2D eigenvalue weighted by Crippen LogP contribution is 2.66. The van der Waals surface area contributed by atoms with Crippen LogP contribution in [0.25, 0.3) is 55.3 Å². The molecular formula is C60H51N. The second-order valence-corrected chi connectivity index (χ2v) is 19.7. The van der Waals surface area contributed by atoms with Gasteiger partial charge in [-0.15, -0.1) is 0 Å². The van der Waals surface area contributed by atoms with Crippen molar-refractivity contribution in [2.24, 2.45) is 23.7 Å². The largest absolute Gasteiger partial charge is 0.310 e. The molecule has 0 amide bonds. The summed E-state index contributed by atoms with van der Waals surface area (Å²) in [4.78, 5) is 2.45. The van der Waals surface area contributed by atoms with E-state index < -0.39 is 0 Å². The van der Waals surface area contributed by atoms with E-state index in [1.807, 2.05) is 0 Å². The third kappa shape index (κ3) is 5.26. The zero-order valence-electron chi connectivity index (χ0n) is 35.2. The molecule has 3 fully saturated rings. The van der Waals surface area contributed by atoms with Gasteiger partial charge in [0.15, 0.2) is 0 Å². The molecule has 1 nitrogen and oxygen atoms in total. The van der Waals surface area contributed by atoms with Crippen molar-refractivity contribution >= 4 is 27.8 Å². The van der Waals surface area contributed by atoms with Crippen molar-refractivity contribution in [2.45, 2.75) is 63.2 Å². The first kappa shape index (κ1) is 35.6. The van der Waals surface area contributed by atoms with Crippen molar-refractivity contribution in [2.75, 3.05) is 4.90 Å². The zero-order valence-corrected chi connectivity index (χ0v) is 35.2. The molecule has 5 atom stereocenters. The number of hydrogen-bond donors (Lipinski definition) is 0. The molecular weight excluding hydrogens is 735 g/mol. The molecule has 0 heterocycles. The number of rotatable bonds is 5. The zero-order chi connectivity index (χ0) is 40.5. The third-order valence-electron chi connectivity index (χ3n) is 16.4. The minimum Gasteiger partial charge on any atom is -0.310 e. The highest BCUT2D eigenvalue weighted by Gasteiger charge is 2.57. The number of anilines is 3. The molecule has 0 N–H and O–H groups in total. The van der Waals surface area contributed by atoms with Gasteiger partial charge in [0.2, 0.25) is 0 Å². The summed E-state index contributed by atoms with van der Waals surface area (Å²) >= 11 is 0. The quantitative estimate of drug-likeness (QED) is 0.168. The van der Waals surface area contributed by atoms with Crippen LogP contribution in [0.5, 0.6) is 0 Å². The summed E-state index contributed by atoms with van der Waals surface area (Å²) in [5.41, 5.74) is 20.3. The van der Waals surface area contributed by atoms with Gasteiger partial charge in [-0.3, -0.25) is 0 Å². The lowest BCUT2D eigenvalue weighted by molar-refractivity contribution is -0.0103. The molecule has 61 heavy (non-hydrogen) atoms. The Morgan fingerprint density at radius 1 is 0.410 bits per heavy atom. The van der Waals surface area contributed by atoms with Crippen molar-refractivity contribution in [3.8, 4) is 44.5 Å². The Balaban J connectivity index is 0.888. The lowest BCUT2D eigenvalue weighted by atomic mass is 9.47. The summed E-state index contributed by atoms with van der Waals surface area (Å²) in [6.07, 6.45) is 8.58. The van der Waals surface area contributed by atoms with Crippen LogP contribution in [0, 0.1) is 23.7 Å². The molecule has 13 rings (SSSR count). The Bertz CT molecular complexity index is 3040. The number of nitrogens with zero attached hydrogens (tertiary/aromatic N) is 1. The molecule has 0 radical (unpaired) electrons. The highest BCUT2D eigenvalue weighted by molar-refractivity contribution is 5.90. The van der Waals surface area contributed by atoms with E-state index >= 15 is 0 Å². The minimum absolute atomic E-state index is 0.0852. The van der Waals surface area contributed by atoms with Crippen molar-refractivity contribution < 1.29 is 0 Å². The first-order valence-corrected chi connectivity index (χ1v) is 22.9. The first-order valence-electron chi connectivity index (χ1n) is 22.9. The minimum atomic E-state index is -0.0852. The van der Waals surface area contributed by atoms with Gasteiger partial charge in [0.1, 0.15) is 0 Å². The van der Waals surface area contributed by atoms with Gasteiger partial charge >= 0.3 is 0 Å². The fourth-order valence-corrected chi connectivity index (χ4v) is 13.5. The molecule has 3 bridgehead atoms. The predicted molar refractivity (Wildman–Crippen MR) is 255 cm³/mol. The molecule has 296 valence electrons. The van der Waals surface area contributed by atoms with E-state index in [1.165, 1.54) is 111 Å². The van der Waals surface area contributed by atoms with E-state index in [0.717, 1.165) is 35.0 Å². The fraction of sp³-hybridized carbons (Fsp3) is 0.233. The van der Waals surface area contributed by atoms with Crippen molar-refractivity contribution in [1.29, 1.82) is 0 Å². The average molecular weight is 786 g/mol. The fourth-order valence-electron chi connectivity index (χ4n) is 13.5. The summed E-state index contributed by atoms with van der Waals surface area (Å²) < 4.78 is 0. The molecule has 0 aliphatic heterocycles. The van der Waals surface area contributed by atoms with Crippen LogP contribution in [0.15, 0.2) is 176 Å². The highest BCUT2D eigenvalue weighted by atomic mass is 15.1. The summed E-state index contributed by atoms with van der Waals surface area (Å²) in [6.45, 7) is 4.75. The molecule has 1 spiro atoms. The Morgan fingerprint density at radius 3 is 1.77 bits per heavy atom. The smallest absolute Gasteiger partial charge is 0.0465 e. The summed E-state index contributed by atoms with van der Waals surface area (Å²) in [5, 5.41) is 2.54. The standard InChI is InChI=1S/C60H51N/c1-59(2)55-13-7-5-11-51(55)53-29-28-50(36-58(53)59)61(48-24-19-40(20-25-48)43-18-17-39-9-3-4-10-42(39)33-43)49-26-21-41(22-27-49)44-23-30-57-54(35-44)52-12-6-8-14-56(52)60(57)37-45-16-15-38-31-46(45)34-47(60)32-38/h3-14,17-30,33,35-36,38,45-47H,15-16,31-32,34,37H2,1-2H3.